The van der Waals surface area contributed by atoms with Crippen molar-refractivity contribution in [1.29, 1.82) is 5.26 Å². The Hall–Kier alpha value is -3.39. The highest BCUT2D eigenvalue weighted by Crippen LogP contribution is 2.41. The minimum Gasteiger partial charge on any atom is -0.389 e. The zero-order valence-corrected chi connectivity index (χ0v) is 22.7. The molecule has 1 aromatic carbocycles. The van der Waals surface area contributed by atoms with Crippen LogP contribution in [0.25, 0.3) is 34.1 Å². The van der Waals surface area contributed by atoms with Gasteiger partial charge in [0.15, 0.2) is 5.82 Å². The monoisotopic (exact) mass is 536 g/mol. The molecule has 0 aliphatic carbocycles. The van der Waals surface area contributed by atoms with Gasteiger partial charge in [-0.25, -0.2) is 13.8 Å². The van der Waals surface area contributed by atoms with Gasteiger partial charge in [0.2, 0.25) is 0 Å². The molecule has 10 heteroatoms. The Morgan fingerprint density at radius 3 is 2.84 bits per heavy atom. The van der Waals surface area contributed by atoms with Gasteiger partial charge in [0.1, 0.15) is 22.7 Å². The van der Waals surface area contributed by atoms with E-state index >= 15 is 4.39 Å². The third kappa shape index (κ3) is 4.34. The Morgan fingerprint density at radius 1 is 1.39 bits per heavy atom. The number of likely N-dealkylation sites (tertiary alicyclic amines) is 1. The second-order valence-electron chi connectivity index (χ2n) is 10.2. The quantitative estimate of drug-likeness (QED) is 0.389. The molecule has 0 amide bonds. The highest BCUT2D eigenvalue weighted by molar-refractivity contribution is 7.23. The first-order valence-electron chi connectivity index (χ1n) is 12.6. The van der Waals surface area contributed by atoms with Crippen LogP contribution in [0.5, 0.6) is 0 Å². The third-order valence-electron chi connectivity index (χ3n) is 7.28. The molecule has 1 fully saturated rings. The molecule has 198 valence electrons. The van der Waals surface area contributed by atoms with Crippen LogP contribution in [-0.2, 0) is 18.0 Å². The number of aromatic nitrogens is 1. The Balaban J connectivity index is 1.63. The van der Waals surface area contributed by atoms with Crippen LogP contribution in [0.3, 0.4) is 0 Å². The van der Waals surface area contributed by atoms with Gasteiger partial charge in [0.05, 0.1) is 35.4 Å². The van der Waals surface area contributed by atoms with Crippen LogP contribution in [0.4, 0.5) is 13.8 Å². The lowest BCUT2D eigenvalue weighted by atomic mass is 9.94. The summed E-state index contributed by atoms with van der Waals surface area (Å²) in [4.78, 5) is 11.2. The van der Waals surface area contributed by atoms with Crippen LogP contribution in [-0.4, -0.2) is 40.4 Å². The minimum absolute atomic E-state index is 0.0885. The summed E-state index contributed by atoms with van der Waals surface area (Å²) in [6.07, 6.45) is 3.71. The first kappa shape index (κ1) is 26.2. The Kier molecular flexibility index (Phi) is 6.94. The van der Waals surface area contributed by atoms with Gasteiger partial charge in [-0.05, 0) is 31.4 Å². The largest absolute Gasteiger partial charge is 0.389 e. The standard InChI is InChI=1S/C28H30F2N6OS/c1-13(2)35-17-6-14(3)36(10-17)16(5)33-8-19-15(4)25(30)23(21-12-37-11-20(19)21)26-24-18(7-31)28(32)38-27(24)22(29)9-34-26/h8-9,13-14,17,35H,4,6,10-12,32H2,1-3,5H3/b19-8+,33-16?. The van der Waals surface area contributed by atoms with Crippen LogP contribution in [0, 0.1) is 23.0 Å². The molecular formula is C28H30F2N6OS. The molecule has 0 spiro atoms. The number of fused-ring (bicyclic) bond motifs is 2. The normalized spacial score (nSPS) is 20.1. The molecule has 3 aromatic rings. The number of rotatable bonds is 4. The van der Waals surface area contributed by atoms with Gasteiger partial charge in [-0.1, -0.05) is 20.4 Å². The van der Waals surface area contributed by atoms with Gasteiger partial charge < -0.3 is 20.7 Å². The molecular weight excluding hydrogens is 506 g/mol. The predicted molar refractivity (Wildman–Crippen MR) is 148 cm³/mol. The van der Waals surface area contributed by atoms with E-state index in [1.54, 1.807) is 6.20 Å². The summed E-state index contributed by atoms with van der Waals surface area (Å²) >= 11 is 0.950. The first-order valence-corrected chi connectivity index (χ1v) is 13.4. The van der Waals surface area contributed by atoms with Gasteiger partial charge in [0.25, 0.3) is 0 Å². The summed E-state index contributed by atoms with van der Waals surface area (Å²) in [6, 6.07) is 3.14. The number of nitrogens with two attached hydrogens (primary N) is 1. The van der Waals surface area contributed by atoms with Gasteiger partial charge >= 0.3 is 0 Å². The SMILES string of the molecule is C=c1c(F)c(-c2ncc(F)c3sc(N)c(C#N)c23)c2c(/c1=C/N=C(C)N1CC(NC(C)C)CC1C)COC2. The van der Waals surface area contributed by atoms with Crippen LogP contribution in [0.2, 0.25) is 0 Å². The molecule has 5 rings (SSSR count). The molecule has 1 saturated heterocycles. The number of hydrogen-bond acceptors (Lipinski definition) is 7. The molecule has 3 N–H and O–H groups in total. The molecule has 2 atom stereocenters. The van der Waals surface area contributed by atoms with Gasteiger partial charge in [-0.15, -0.1) is 11.3 Å². The summed E-state index contributed by atoms with van der Waals surface area (Å²) in [5.41, 5.74) is 7.76. The predicted octanol–water partition coefficient (Wildman–Crippen LogP) is 3.75. The van der Waals surface area contributed by atoms with E-state index in [1.807, 2.05) is 13.0 Å². The summed E-state index contributed by atoms with van der Waals surface area (Å²) < 4.78 is 36.6. The average molecular weight is 537 g/mol. The lowest BCUT2D eigenvalue weighted by Crippen LogP contribution is -2.38. The lowest BCUT2D eigenvalue weighted by molar-refractivity contribution is 0.134. The fourth-order valence-electron chi connectivity index (χ4n) is 5.57. The first-order chi connectivity index (χ1) is 18.1. The molecule has 2 unspecified atom stereocenters. The minimum atomic E-state index is -0.609. The van der Waals surface area contributed by atoms with E-state index in [0.29, 0.717) is 28.9 Å². The Morgan fingerprint density at radius 2 is 2.13 bits per heavy atom. The number of halogens is 2. The molecule has 2 aromatic heterocycles. The van der Waals surface area contributed by atoms with Crippen LogP contribution in [0.1, 0.15) is 50.8 Å². The second-order valence-corrected chi connectivity index (χ2v) is 11.3. The van der Waals surface area contributed by atoms with Crippen molar-refractivity contribution < 1.29 is 13.5 Å². The van der Waals surface area contributed by atoms with E-state index in [9.17, 15) is 9.65 Å². The molecule has 7 nitrogen and oxygen atoms in total. The number of nitrogens with one attached hydrogen (secondary N) is 1. The number of thiophene rings is 1. The molecule has 0 bridgehead atoms. The number of ether oxygens (including phenoxy) is 1. The van der Waals surface area contributed by atoms with E-state index < -0.39 is 11.6 Å². The topological polar surface area (TPSA) is 99.6 Å². The fourth-order valence-corrected chi connectivity index (χ4v) is 6.49. The summed E-state index contributed by atoms with van der Waals surface area (Å²) in [7, 11) is 0. The second kappa shape index (κ2) is 10.1. The number of pyridine rings is 1. The van der Waals surface area contributed by atoms with Crippen molar-refractivity contribution in [3.8, 4) is 17.3 Å². The molecule has 2 aliphatic heterocycles. The van der Waals surface area contributed by atoms with Gasteiger partial charge in [0, 0.05) is 52.3 Å². The van der Waals surface area contributed by atoms with E-state index in [-0.39, 0.29) is 50.3 Å². The summed E-state index contributed by atoms with van der Waals surface area (Å²) in [6.45, 7) is 13.7. The molecule has 0 saturated carbocycles. The number of benzene rings is 1. The van der Waals surface area contributed by atoms with E-state index in [2.05, 4.69) is 42.6 Å². The van der Waals surface area contributed by atoms with Gasteiger partial charge in [-0.3, -0.25) is 4.98 Å². The maximum atomic E-state index is 16.1. The number of amidine groups is 1. The maximum absolute atomic E-state index is 16.1. The number of hydrogen-bond donors (Lipinski definition) is 2. The Labute approximate surface area is 223 Å². The number of nitriles is 1. The highest BCUT2D eigenvalue weighted by atomic mass is 32.1. The molecule has 2 aliphatic rings. The van der Waals surface area contributed by atoms with Crippen LogP contribution < -0.4 is 21.5 Å². The van der Waals surface area contributed by atoms with Crippen molar-refractivity contribution >= 4 is 45.0 Å². The van der Waals surface area contributed by atoms with Crippen molar-refractivity contribution in [3.63, 3.8) is 0 Å². The van der Waals surface area contributed by atoms with Crippen molar-refractivity contribution in [2.45, 2.75) is 65.5 Å². The van der Waals surface area contributed by atoms with Crippen molar-refractivity contribution in [2.75, 3.05) is 12.3 Å². The van der Waals surface area contributed by atoms with E-state index in [0.717, 1.165) is 41.9 Å². The van der Waals surface area contributed by atoms with Crippen LogP contribution in [0.15, 0.2) is 11.2 Å². The number of nitrogens with zero attached hydrogens (tertiary/aromatic N) is 4. The van der Waals surface area contributed by atoms with Crippen molar-refractivity contribution in [3.05, 3.63) is 45.0 Å². The highest BCUT2D eigenvalue weighted by Gasteiger charge is 2.30. The molecule has 0 radical (unpaired) electrons. The van der Waals surface area contributed by atoms with Crippen molar-refractivity contribution in [2.24, 2.45) is 4.99 Å². The Bertz CT molecular complexity index is 1620. The number of aliphatic imine (C=N–C) groups is 1. The summed E-state index contributed by atoms with van der Waals surface area (Å²) in [5.74, 6) is -0.364. The van der Waals surface area contributed by atoms with Crippen molar-refractivity contribution in [1.82, 2.24) is 15.2 Å². The van der Waals surface area contributed by atoms with Gasteiger partial charge in [-0.2, -0.15) is 5.26 Å². The maximum Gasteiger partial charge on any atom is 0.159 e. The fraction of sp³-hybridized carbons (Fsp3) is 0.393. The number of nitrogen functional groups attached to an aromatic ring is 1. The smallest absolute Gasteiger partial charge is 0.159 e. The zero-order chi connectivity index (χ0) is 27.3. The van der Waals surface area contributed by atoms with E-state index in [1.165, 1.54) is 0 Å². The number of anilines is 1. The van der Waals surface area contributed by atoms with Crippen LogP contribution >= 0.6 is 11.3 Å². The lowest BCUT2D eigenvalue weighted by Gasteiger charge is -2.23. The molecule has 38 heavy (non-hydrogen) atoms. The average Bonchev–Trinajstić information content (AvgIpc) is 3.57. The van der Waals surface area contributed by atoms with E-state index in [4.69, 9.17) is 15.5 Å². The molecule has 4 heterocycles. The zero-order valence-electron chi connectivity index (χ0n) is 21.9. The third-order valence-corrected chi connectivity index (χ3v) is 8.31. The summed E-state index contributed by atoms with van der Waals surface area (Å²) in [5, 5.41) is 14.4.